The Bertz CT molecular complexity index is 3000. The maximum atomic E-state index is 13.3. The summed E-state index contributed by atoms with van der Waals surface area (Å²) in [4.78, 5) is 114. The van der Waals surface area contributed by atoms with Crippen molar-refractivity contribution < 1.29 is 112 Å². The molecule has 26 nitrogen and oxygen atoms in total. The number of benzene rings is 4. The number of carbonyl (C=O) groups excluding carboxylic acids is 8. The predicted octanol–water partition coefficient (Wildman–Crippen LogP) is 0.540. The molecule has 0 saturated carbocycles. The van der Waals surface area contributed by atoms with Gasteiger partial charge in [0.25, 0.3) is 5.69 Å². The van der Waals surface area contributed by atoms with E-state index in [0.29, 0.717) is 33.4 Å². The van der Waals surface area contributed by atoms with Crippen molar-refractivity contribution in [1.29, 1.82) is 0 Å². The first-order valence-electron chi connectivity index (χ1n) is 23.1. The SMILES string of the molecule is CC(=O)OCOC(=O)CN(CC(=O)OCOC(C)=O)c1ccc(-c2c3ccc(=[N+](C)C)cc-3oc3cc(N(C)C)ccc23)cc1OCCOc1cc([N+](=O)[O-])ccc1N(CC(=O)OCOC(C)=O)CC(=O)OCOC(C)=O.[Br-]. The third-order valence-electron chi connectivity index (χ3n) is 10.6. The lowest BCUT2D eigenvalue weighted by Crippen LogP contribution is -3.00. The van der Waals surface area contributed by atoms with Crippen molar-refractivity contribution in [1.82, 2.24) is 4.58 Å². The summed E-state index contributed by atoms with van der Waals surface area (Å²) in [5.74, 6) is -6.61. The van der Waals surface area contributed by atoms with Crippen LogP contribution in [0, 0.1) is 10.1 Å². The van der Waals surface area contributed by atoms with Gasteiger partial charge in [-0.1, -0.05) is 6.07 Å². The lowest BCUT2D eigenvalue weighted by Gasteiger charge is -2.26. The van der Waals surface area contributed by atoms with Crippen LogP contribution in [0.1, 0.15) is 27.7 Å². The molecule has 0 N–H and O–H groups in total. The van der Waals surface area contributed by atoms with Gasteiger partial charge in [-0.2, -0.15) is 0 Å². The van der Waals surface area contributed by atoms with Crippen molar-refractivity contribution in [3.05, 3.63) is 88.3 Å². The molecule has 1 aliphatic heterocycles. The first-order chi connectivity index (χ1) is 36.6. The van der Waals surface area contributed by atoms with Crippen LogP contribution in [0.2, 0.25) is 0 Å². The third kappa shape index (κ3) is 18.4. The lowest BCUT2D eigenvalue weighted by atomic mass is 9.93. The van der Waals surface area contributed by atoms with E-state index in [1.165, 1.54) is 11.0 Å². The van der Waals surface area contributed by atoms with Crippen molar-refractivity contribution in [2.45, 2.75) is 27.7 Å². The average molecular weight is 1150 g/mol. The third-order valence-corrected chi connectivity index (χ3v) is 10.6. The van der Waals surface area contributed by atoms with E-state index in [0.717, 1.165) is 55.8 Å². The van der Waals surface area contributed by atoms with Gasteiger partial charge in [-0.3, -0.25) is 48.5 Å². The van der Waals surface area contributed by atoms with Crippen LogP contribution in [-0.4, -0.2) is 147 Å². The number of nitrogens with zero attached hydrogens (tertiary/aromatic N) is 5. The summed E-state index contributed by atoms with van der Waals surface area (Å²) in [7, 11) is 7.55. The van der Waals surface area contributed by atoms with Crippen LogP contribution in [0.15, 0.2) is 77.2 Å². The van der Waals surface area contributed by atoms with E-state index in [4.69, 9.17) is 42.3 Å². The number of esters is 8. The number of ether oxygens (including phenoxy) is 10. The summed E-state index contributed by atoms with van der Waals surface area (Å²) in [6, 6.07) is 19.6. The average Bonchev–Trinajstić information content (AvgIpc) is 3.48. The summed E-state index contributed by atoms with van der Waals surface area (Å²) in [6.45, 7) is -2.21. The molecular formula is C51H56BrN5O21. The van der Waals surface area contributed by atoms with Crippen LogP contribution in [0.5, 0.6) is 11.5 Å². The number of carbonyl (C=O) groups is 8. The molecule has 3 aromatic carbocycles. The maximum Gasteiger partial charge on any atom is 0.328 e. The fraction of sp³-hybridized carbons (Fsp3) is 0.353. The predicted molar refractivity (Wildman–Crippen MR) is 269 cm³/mol. The summed E-state index contributed by atoms with van der Waals surface area (Å²) in [5.41, 5.74) is 2.88. The summed E-state index contributed by atoms with van der Waals surface area (Å²) in [5, 5.41) is 13.6. The zero-order valence-electron chi connectivity index (χ0n) is 43.7. The van der Waals surface area contributed by atoms with E-state index >= 15 is 0 Å². The van der Waals surface area contributed by atoms with E-state index in [1.54, 1.807) is 18.2 Å². The summed E-state index contributed by atoms with van der Waals surface area (Å²) < 4.78 is 60.1. The number of nitro groups is 1. The van der Waals surface area contributed by atoms with Gasteiger partial charge in [-0.25, -0.2) is 4.58 Å². The van der Waals surface area contributed by atoms with Crippen molar-refractivity contribution in [3.8, 4) is 33.9 Å². The Morgan fingerprint density at radius 1 is 0.551 bits per heavy atom. The number of hydrogen-bond donors (Lipinski definition) is 0. The number of rotatable bonds is 26. The van der Waals surface area contributed by atoms with Gasteiger partial charge in [0.2, 0.25) is 32.5 Å². The zero-order chi connectivity index (χ0) is 56.3. The van der Waals surface area contributed by atoms with Crippen LogP contribution in [-0.2, 0) is 76.3 Å². The second-order valence-electron chi connectivity index (χ2n) is 16.7. The van der Waals surface area contributed by atoms with Gasteiger partial charge in [0, 0.05) is 82.2 Å². The van der Waals surface area contributed by atoms with Gasteiger partial charge in [0.15, 0.2) is 0 Å². The molecule has 0 unspecified atom stereocenters. The largest absolute Gasteiger partial charge is 1.00 e. The highest BCUT2D eigenvalue weighted by Gasteiger charge is 2.27. The van der Waals surface area contributed by atoms with Crippen LogP contribution >= 0.6 is 0 Å². The fourth-order valence-electron chi connectivity index (χ4n) is 7.05. The molecule has 27 heteroatoms. The standard InChI is InChI=1S/C51H56N5O21.BrH/c1-31(57)69-27-73-47(61)23-54(24-48(62)74-28-70-32(2)58)41-15-9-35(51-39-13-10-36(52(5)6)20-43(39)77-44-21-37(53(7)8)11-14-40(44)51)19-45(41)67-17-18-68-46-22-38(56(65)66)12-16-42(46)55(25-49(63)75-29-71-33(3)59)26-50(64)76-30-72-34(4)60;/h9-16,19-22H,17-18,23-30H2,1-8H3;1H/q+1;/p-1. The summed E-state index contributed by atoms with van der Waals surface area (Å²) in [6.07, 6.45) is 0. The van der Waals surface area contributed by atoms with E-state index in [1.807, 2.05) is 74.1 Å². The topological polar surface area (TPSA) is 298 Å². The molecule has 0 amide bonds. The number of halogens is 1. The molecule has 0 aromatic heterocycles. The lowest BCUT2D eigenvalue weighted by molar-refractivity contribution is -0.384. The second-order valence-corrected chi connectivity index (χ2v) is 16.7. The monoisotopic (exact) mass is 1150 g/mol. The Morgan fingerprint density at radius 3 is 1.42 bits per heavy atom. The van der Waals surface area contributed by atoms with Crippen LogP contribution < -0.4 is 51.1 Å². The quantitative estimate of drug-likeness (QED) is 0.0107. The maximum absolute atomic E-state index is 13.3. The highest BCUT2D eigenvalue weighted by Crippen LogP contribution is 2.43. The minimum Gasteiger partial charge on any atom is -1.00 e. The minimum atomic E-state index is -1.02. The molecule has 0 radical (unpaired) electrons. The van der Waals surface area contributed by atoms with Gasteiger partial charge >= 0.3 is 47.8 Å². The smallest absolute Gasteiger partial charge is 0.328 e. The molecule has 0 bridgehead atoms. The Balaban J connectivity index is 0.0000131. The molecule has 0 spiro atoms. The highest BCUT2D eigenvalue weighted by molar-refractivity contribution is 6.03. The van der Waals surface area contributed by atoms with E-state index in [9.17, 15) is 48.5 Å². The first-order valence-corrected chi connectivity index (χ1v) is 23.1. The van der Waals surface area contributed by atoms with Crippen molar-refractivity contribution >= 4 is 81.5 Å². The van der Waals surface area contributed by atoms with Crippen LogP contribution in [0.25, 0.3) is 33.4 Å². The van der Waals surface area contributed by atoms with Gasteiger partial charge in [-0.05, 0) is 42.0 Å². The van der Waals surface area contributed by atoms with E-state index in [-0.39, 0.29) is 46.5 Å². The molecular weight excluding hydrogens is 1100 g/mol. The normalized spacial score (nSPS) is 10.5. The fourth-order valence-corrected chi connectivity index (χ4v) is 7.05. The Kier molecular flexibility index (Phi) is 23.1. The van der Waals surface area contributed by atoms with E-state index in [2.05, 4.69) is 9.47 Å². The summed E-state index contributed by atoms with van der Waals surface area (Å²) >= 11 is 0. The van der Waals surface area contributed by atoms with Crippen molar-refractivity contribution in [3.63, 3.8) is 0 Å². The van der Waals surface area contributed by atoms with E-state index < -0.39 is 118 Å². The number of non-ortho nitro benzene ring substituents is 1. The zero-order valence-corrected chi connectivity index (χ0v) is 45.3. The molecule has 3 aromatic rings. The molecule has 0 fully saturated rings. The van der Waals surface area contributed by atoms with Gasteiger partial charge in [0.05, 0.1) is 28.4 Å². The minimum absolute atomic E-state index is 0. The highest BCUT2D eigenvalue weighted by atomic mass is 79.9. The van der Waals surface area contributed by atoms with Gasteiger partial charge < -0.3 is 83.5 Å². The Morgan fingerprint density at radius 2 is 1.00 bits per heavy atom. The Labute approximate surface area is 456 Å². The van der Waals surface area contributed by atoms with Crippen LogP contribution in [0.4, 0.5) is 22.7 Å². The van der Waals surface area contributed by atoms with Gasteiger partial charge in [-0.15, -0.1) is 0 Å². The number of nitro benzene ring substituents is 1. The van der Waals surface area contributed by atoms with Crippen molar-refractivity contribution in [2.24, 2.45) is 0 Å². The second kappa shape index (κ2) is 29.3. The molecule has 0 atom stereocenters. The molecule has 2 aliphatic rings. The first kappa shape index (κ1) is 61.5. The molecule has 418 valence electrons. The molecule has 78 heavy (non-hydrogen) atoms. The number of anilines is 3. The van der Waals surface area contributed by atoms with Crippen LogP contribution in [0.3, 0.4) is 0 Å². The molecule has 5 rings (SSSR count). The molecule has 1 aliphatic carbocycles. The Hall–Kier alpha value is -9.01. The number of fused-ring (bicyclic) bond motifs is 2. The van der Waals surface area contributed by atoms with Crippen molar-refractivity contribution in [2.75, 3.05) is 109 Å². The van der Waals surface area contributed by atoms with Gasteiger partial charge in [0.1, 0.15) is 76.3 Å². The molecule has 1 heterocycles. The molecule has 0 saturated heterocycles. The number of hydrogen-bond acceptors (Lipinski definition) is 24.